The van der Waals surface area contributed by atoms with E-state index in [-0.39, 0.29) is 109 Å². The SMILES string of the molecule is CC[C@H]1O[C@@H](n2cnc3c(=O)[nH]c(NC(=O)C(C)C)nc32)[C@H](NC(=O)OCc2ccccc2)[C@@H]1OP(O)OCCC#N.CC[C@H]1O[C@@H](n2cnc3c(=O)[nH]c(NC(=O)C(C)C)nc32)[C@H](NC(=O)OCc2ccccc2)[C@@H]1OP(OCCC#N)N(C(C)C)C(C)C. The van der Waals surface area contributed by atoms with Gasteiger partial charge in [0.2, 0.25) is 23.7 Å². The molecule has 30 nitrogen and oxygen atoms in total. The van der Waals surface area contributed by atoms with Crippen molar-refractivity contribution in [2.24, 2.45) is 11.8 Å². The van der Waals surface area contributed by atoms with Crippen LogP contribution in [-0.2, 0) is 59.8 Å². The standard InChI is InChI=1S/C32H45N8O7P.C26H32N7O8P/c1-8-23-26(47-48(45-16-12-15-33)40(20(4)5)21(6)7)24(35-32(43)44-17-22-13-10-9-11-14-22)30(46-23)39-18-34-25-27(39)36-31(38-29(25)42)37-28(41)19(2)3;1-4-17-20(41-42(37)39-12-8-11-27)18(29-26(36)38-13-16-9-6-5-7-10-16)24(40-17)33-14-28-19-21(33)30-25(32-23(19)35)31-22(34)15(2)3/h9-11,13-14,18-21,23-24,26,30H,8,12,16-17H2,1-7H3,(H,35,43)(H2,36,37,38,41,42);5-7,9-10,14-15,17-18,20,24,37H,4,8,12-13H2,1-3H3,(H,29,36)(H2,30,31,32,34,35)/t23-,24-,26-,30-,48?;17-,18-,20-,24-,42?/m11/s1. The van der Waals surface area contributed by atoms with Crippen molar-refractivity contribution < 1.29 is 61.1 Å². The summed E-state index contributed by atoms with van der Waals surface area (Å²) in [5, 5.41) is 28.9. The number of alkyl carbamates (subject to hydrolysis) is 2. The van der Waals surface area contributed by atoms with Gasteiger partial charge in [-0.15, -0.1) is 0 Å². The van der Waals surface area contributed by atoms with Crippen LogP contribution in [0.1, 0.15) is 119 Å². The minimum Gasteiger partial charge on any atom is -0.445 e. The van der Waals surface area contributed by atoms with Crippen LogP contribution >= 0.6 is 17.1 Å². The van der Waals surface area contributed by atoms with Gasteiger partial charge < -0.3 is 52.6 Å². The van der Waals surface area contributed by atoms with Crippen LogP contribution in [0.5, 0.6) is 0 Å². The van der Waals surface area contributed by atoms with Crippen molar-refractivity contribution in [2.75, 3.05) is 23.8 Å². The number of fused-ring (bicyclic) bond motifs is 2. The van der Waals surface area contributed by atoms with E-state index in [0.29, 0.717) is 12.8 Å². The lowest BCUT2D eigenvalue weighted by molar-refractivity contribution is -0.119. The molecule has 0 bridgehead atoms. The summed E-state index contributed by atoms with van der Waals surface area (Å²) in [7, 11) is -4.16. The Balaban J connectivity index is 0.000000258. The molecule has 2 saturated heterocycles. The van der Waals surface area contributed by atoms with Gasteiger partial charge >= 0.3 is 20.8 Å². The zero-order valence-corrected chi connectivity index (χ0v) is 53.4. The summed E-state index contributed by atoms with van der Waals surface area (Å²) < 4.78 is 52.9. The average molecular weight is 1290 g/mol. The van der Waals surface area contributed by atoms with Crippen molar-refractivity contribution in [1.82, 2.24) is 54.3 Å². The van der Waals surface area contributed by atoms with Crippen molar-refractivity contribution in [1.29, 1.82) is 10.5 Å². The van der Waals surface area contributed by atoms with Crippen molar-refractivity contribution in [3.05, 3.63) is 105 Å². The van der Waals surface area contributed by atoms with E-state index >= 15 is 0 Å². The summed E-state index contributed by atoms with van der Waals surface area (Å²) in [6, 6.07) is 20.6. The molecular weight excluding hydrogens is 1210 g/mol. The van der Waals surface area contributed by atoms with Gasteiger partial charge in [0.1, 0.15) is 37.5 Å². The second-order valence-electron chi connectivity index (χ2n) is 21.8. The molecule has 0 aliphatic carbocycles. The van der Waals surface area contributed by atoms with Crippen molar-refractivity contribution in [3.63, 3.8) is 0 Å². The molecule has 4 amide bonds. The zero-order chi connectivity index (χ0) is 65.2. The lowest BCUT2D eigenvalue weighted by Crippen LogP contribution is -2.48. The normalized spacial score (nSPS) is 20.4. The van der Waals surface area contributed by atoms with E-state index in [1.807, 2.05) is 108 Å². The van der Waals surface area contributed by atoms with Crippen LogP contribution in [0, 0.1) is 34.5 Å². The molecule has 32 heteroatoms. The summed E-state index contributed by atoms with van der Waals surface area (Å²) in [4.78, 5) is 110. The van der Waals surface area contributed by atoms with Crippen molar-refractivity contribution in [3.8, 4) is 12.1 Å². The number of carbonyl (C=O) groups is 4. The monoisotopic (exact) mass is 1290 g/mol. The largest absolute Gasteiger partial charge is 0.445 e. The molecule has 0 spiro atoms. The van der Waals surface area contributed by atoms with Crippen molar-refractivity contribution in [2.45, 2.75) is 169 Å². The molecule has 7 N–H and O–H groups in total. The second-order valence-corrected chi connectivity index (χ2v) is 24.2. The number of hydrogen-bond acceptors (Lipinski definition) is 22. The number of aromatic amines is 2. The number of ether oxygens (including phenoxy) is 4. The van der Waals surface area contributed by atoms with Gasteiger partial charge in [-0.25, -0.2) is 24.2 Å². The quantitative estimate of drug-likeness (QED) is 0.0191. The molecular formula is C58H77N15O15P2. The van der Waals surface area contributed by atoms with Gasteiger partial charge in [0.05, 0.1) is 63.1 Å². The Hall–Kier alpha value is -7.86. The Morgan fingerprint density at radius 2 is 1.07 bits per heavy atom. The number of rotatable bonds is 27. The lowest BCUT2D eigenvalue weighted by atomic mass is 10.1. The number of H-pyrrole nitrogens is 2. The van der Waals surface area contributed by atoms with Crippen LogP contribution in [0.3, 0.4) is 0 Å². The van der Waals surface area contributed by atoms with E-state index in [2.05, 4.69) is 61.9 Å². The topological polar surface area (TPSA) is 388 Å². The second kappa shape index (κ2) is 33.3. The maximum atomic E-state index is 13.4. The Kier molecular flexibility index (Phi) is 25.7. The fourth-order valence-corrected chi connectivity index (χ4v) is 12.1. The molecule has 90 heavy (non-hydrogen) atoms. The predicted molar refractivity (Wildman–Crippen MR) is 329 cm³/mol. The van der Waals surface area contributed by atoms with Crippen LogP contribution in [0.25, 0.3) is 22.3 Å². The molecule has 2 unspecified atom stereocenters. The number of imidazole rings is 2. The number of anilines is 2. The lowest BCUT2D eigenvalue weighted by Gasteiger charge is -2.38. The molecule has 6 heterocycles. The van der Waals surface area contributed by atoms with Crippen LogP contribution in [0.15, 0.2) is 82.9 Å². The molecule has 0 saturated carbocycles. The number of nitrogens with one attached hydrogen (secondary N) is 6. The van der Waals surface area contributed by atoms with E-state index in [4.69, 9.17) is 42.3 Å². The zero-order valence-electron chi connectivity index (χ0n) is 51.6. The summed E-state index contributed by atoms with van der Waals surface area (Å²) in [5.41, 5.74) is 0.667. The number of benzene rings is 2. The number of amides is 4. The first-order valence-corrected chi connectivity index (χ1v) is 31.6. The third-order valence-electron chi connectivity index (χ3n) is 13.9. The van der Waals surface area contributed by atoms with E-state index < -0.39 is 89.4 Å². The number of hydrogen-bond donors (Lipinski definition) is 7. The predicted octanol–water partition coefficient (Wildman–Crippen LogP) is 7.83. The fraction of sp³-hybridized carbons (Fsp3) is 0.517. The molecule has 8 rings (SSSR count). The molecule has 6 aromatic rings. The summed E-state index contributed by atoms with van der Waals surface area (Å²) in [6.07, 6.45) is -2.44. The minimum atomic E-state index is -2.44. The first kappa shape index (κ1) is 69.6. The van der Waals surface area contributed by atoms with Gasteiger partial charge in [0, 0.05) is 23.9 Å². The van der Waals surface area contributed by atoms with Crippen LogP contribution < -0.4 is 32.4 Å². The van der Waals surface area contributed by atoms with Crippen LogP contribution in [0.4, 0.5) is 21.5 Å². The highest BCUT2D eigenvalue weighted by Crippen LogP contribution is 2.51. The highest BCUT2D eigenvalue weighted by Gasteiger charge is 2.51. The summed E-state index contributed by atoms with van der Waals surface area (Å²) in [6.45, 7) is 18.9. The van der Waals surface area contributed by atoms with E-state index in [1.54, 1.807) is 32.3 Å². The van der Waals surface area contributed by atoms with E-state index in [9.17, 15) is 38.9 Å². The van der Waals surface area contributed by atoms with Crippen LogP contribution in [0.2, 0.25) is 0 Å². The van der Waals surface area contributed by atoms with Gasteiger partial charge in [-0.05, 0) is 51.7 Å². The third kappa shape index (κ3) is 18.2. The van der Waals surface area contributed by atoms with Crippen LogP contribution in [-0.4, -0.2) is 134 Å². The Morgan fingerprint density at radius 3 is 1.46 bits per heavy atom. The molecule has 10 atom stereocenters. The van der Waals surface area contributed by atoms with Crippen molar-refractivity contribution >= 4 is 75.4 Å². The molecule has 2 aromatic carbocycles. The van der Waals surface area contributed by atoms with Gasteiger partial charge in [0.25, 0.3) is 19.6 Å². The molecule has 2 aliphatic rings. The van der Waals surface area contributed by atoms with Gasteiger partial charge in [-0.3, -0.25) is 48.9 Å². The maximum Gasteiger partial charge on any atom is 0.407 e. The Morgan fingerprint density at radius 1 is 0.656 bits per heavy atom. The molecule has 484 valence electrons. The smallest absolute Gasteiger partial charge is 0.407 e. The molecule has 4 aromatic heterocycles. The molecule has 2 aliphatic heterocycles. The first-order chi connectivity index (χ1) is 43.2. The summed E-state index contributed by atoms with van der Waals surface area (Å²) >= 11 is 0. The highest BCUT2D eigenvalue weighted by atomic mass is 31.2. The number of nitriles is 2. The third-order valence-corrected chi connectivity index (χ3v) is 16.9. The molecule has 0 radical (unpaired) electrons. The summed E-state index contributed by atoms with van der Waals surface area (Å²) in [5.74, 6) is -1.52. The fourth-order valence-electron chi connectivity index (χ4n) is 9.55. The Labute approximate surface area is 521 Å². The van der Waals surface area contributed by atoms with E-state index in [0.717, 1.165) is 11.1 Å². The Bertz CT molecular complexity index is 3550. The maximum absolute atomic E-state index is 13.4. The van der Waals surface area contributed by atoms with Gasteiger partial charge in [0.15, 0.2) is 34.8 Å². The minimum absolute atomic E-state index is 0.00146. The highest BCUT2D eigenvalue weighted by molar-refractivity contribution is 7.44. The number of carbonyl (C=O) groups excluding carboxylic acids is 4. The number of nitrogens with zero attached hydrogens (tertiary/aromatic N) is 9. The number of aromatic nitrogens is 8. The van der Waals surface area contributed by atoms with Gasteiger partial charge in [-0.2, -0.15) is 20.5 Å². The van der Waals surface area contributed by atoms with Gasteiger partial charge in [-0.1, -0.05) is 102 Å². The average Bonchev–Trinajstić information content (AvgIpc) is 1.64. The van der Waals surface area contributed by atoms with E-state index in [1.165, 1.54) is 17.2 Å². The molecule has 2 fully saturated rings. The first-order valence-electron chi connectivity index (χ1n) is 29.4.